The molecule has 25 heavy (non-hydrogen) atoms. The fourth-order valence-electron chi connectivity index (χ4n) is 2.52. The largest absolute Gasteiger partial charge is 0.481 e. The number of hydrogen-bond donors (Lipinski definition) is 2. The van der Waals surface area contributed by atoms with Gasteiger partial charge in [0.25, 0.3) is 0 Å². The van der Waals surface area contributed by atoms with Gasteiger partial charge < -0.3 is 10.1 Å². The van der Waals surface area contributed by atoms with Crippen LogP contribution >= 0.6 is 0 Å². The van der Waals surface area contributed by atoms with Gasteiger partial charge in [-0.3, -0.25) is 5.10 Å². The fraction of sp³-hybridized carbons (Fsp3) is 0.176. The Morgan fingerprint density at radius 2 is 1.92 bits per heavy atom. The summed E-state index contributed by atoms with van der Waals surface area (Å²) in [6.45, 7) is 0. The molecule has 0 aliphatic carbocycles. The van der Waals surface area contributed by atoms with E-state index in [0.29, 0.717) is 17.1 Å². The van der Waals surface area contributed by atoms with Crippen LogP contribution in [-0.4, -0.2) is 22.3 Å². The van der Waals surface area contributed by atoms with E-state index >= 15 is 0 Å². The molecule has 0 bridgehead atoms. The number of methoxy groups -OCH3 is 1. The average Bonchev–Trinajstić information content (AvgIpc) is 3.14. The highest BCUT2D eigenvalue weighted by Gasteiger charge is 2.35. The fourth-order valence-corrected chi connectivity index (χ4v) is 2.52. The van der Waals surface area contributed by atoms with Gasteiger partial charge in [0.2, 0.25) is 5.88 Å². The Labute approximate surface area is 141 Å². The summed E-state index contributed by atoms with van der Waals surface area (Å²) < 4.78 is 45.2. The molecule has 5 nitrogen and oxygen atoms in total. The molecule has 2 heterocycles. The molecule has 0 saturated heterocycles. The third-order valence-electron chi connectivity index (χ3n) is 3.69. The lowest BCUT2D eigenvalue weighted by Gasteiger charge is -2.23. The van der Waals surface area contributed by atoms with E-state index in [9.17, 15) is 13.2 Å². The summed E-state index contributed by atoms with van der Waals surface area (Å²) in [5, 5.41) is 9.57. The molecule has 1 atom stereocenters. The van der Waals surface area contributed by atoms with Crippen LogP contribution in [0.2, 0.25) is 0 Å². The lowest BCUT2D eigenvalue weighted by Crippen LogP contribution is -2.18. The summed E-state index contributed by atoms with van der Waals surface area (Å²) in [6.07, 6.45) is 0.0874. The Balaban J connectivity index is 2.02. The van der Waals surface area contributed by atoms with Gasteiger partial charge in [-0.1, -0.05) is 18.2 Å². The number of halogens is 3. The number of pyridine rings is 1. The summed E-state index contributed by atoms with van der Waals surface area (Å²) in [5.41, 5.74) is 0.541. The van der Waals surface area contributed by atoms with Crippen LogP contribution in [0.4, 0.5) is 18.9 Å². The molecular formula is C17H15F3N4O. The molecule has 3 rings (SSSR count). The van der Waals surface area contributed by atoms with Crippen molar-refractivity contribution in [2.45, 2.75) is 12.2 Å². The predicted octanol–water partition coefficient (Wildman–Crippen LogP) is 4.03. The first-order valence-electron chi connectivity index (χ1n) is 7.40. The van der Waals surface area contributed by atoms with Gasteiger partial charge in [0.05, 0.1) is 36.8 Å². The number of aromatic nitrogens is 3. The Morgan fingerprint density at radius 3 is 2.52 bits per heavy atom. The number of anilines is 1. The van der Waals surface area contributed by atoms with E-state index in [0.717, 1.165) is 6.07 Å². The highest BCUT2D eigenvalue weighted by molar-refractivity contribution is 5.50. The smallest absolute Gasteiger partial charge is 0.416 e. The van der Waals surface area contributed by atoms with Gasteiger partial charge in [0, 0.05) is 17.8 Å². The van der Waals surface area contributed by atoms with Crippen LogP contribution in [0.1, 0.15) is 22.7 Å². The van der Waals surface area contributed by atoms with Gasteiger partial charge in [-0.2, -0.15) is 18.3 Å². The maximum atomic E-state index is 13.4. The van der Waals surface area contributed by atoms with Crippen LogP contribution in [0.5, 0.6) is 5.88 Å². The highest BCUT2D eigenvalue weighted by atomic mass is 19.4. The zero-order chi connectivity index (χ0) is 17.9. The van der Waals surface area contributed by atoms with Gasteiger partial charge in [-0.15, -0.1) is 0 Å². The third-order valence-corrected chi connectivity index (χ3v) is 3.69. The summed E-state index contributed by atoms with van der Waals surface area (Å²) in [5.74, 6) is 0.418. The van der Waals surface area contributed by atoms with Crippen LogP contribution in [0.3, 0.4) is 0 Å². The second-order valence-corrected chi connectivity index (χ2v) is 5.28. The first-order valence-corrected chi connectivity index (χ1v) is 7.40. The van der Waals surface area contributed by atoms with Crippen molar-refractivity contribution in [3.05, 3.63) is 71.7 Å². The molecule has 8 heteroatoms. The molecule has 0 aliphatic heterocycles. The molecule has 1 unspecified atom stereocenters. The Morgan fingerprint density at radius 1 is 1.12 bits per heavy atom. The Bertz CT molecular complexity index is 817. The predicted molar refractivity (Wildman–Crippen MR) is 86.3 cm³/mol. The lowest BCUT2D eigenvalue weighted by atomic mass is 9.95. The zero-order valence-electron chi connectivity index (χ0n) is 13.2. The van der Waals surface area contributed by atoms with Crippen molar-refractivity contribution in [3.63, 3.8) is 0 Å². The quantitative estimate of drug-likeness (QED) is 0.731. The molecule has 0 spiro atoms. The standard InChI is InChI=1S/C17H15F3N4O/c1-25-15-7-6-12(10-21-15)24-16(11-8-22-23-9-11)13-4-2-3-5-14(13)17(18,19)20/h2-10,16,24H,1H3,(H,22,23). The second kappa shape index (κ2) is 6.84. The van der Waals surface area contributed by atoms with Crippen LogP contribution < -0.4 is 10.1 Å². The number of alkyl halides is 3. The third kappa shape index (κ3) is 3.73. The average molecular weight is 348 g/mol. The number of rotatable bonds is 5. The van der Waals surface area contributed by atoms with Crippen molar-refractivity contribution < 1.29 is 17.9 Å². The van der Waals surface area contributed by atoms with Crippen molar-refractivity contribution >= 4 is 5.69 Å². The molecule has 130 valence electrons. The van der Waals surface area contributed by atoms with Crippen LogP contribution in [0.25, 0.3) is 0 Å². The SMILES string of the molecule is COc1ccc(NC(c2cn[nH]c2)c2ccccc2C(F)(F)F)cn1. The summed E-state index contributed by atoms with van der Waals surface area (Å²) in [6, 6.07) is 8.03. The van der Waals surface area contributed by atoms with E-state index < -0.39 is 17.8 Å². The summed E-state index contributed by atoms with van der Waals surface area (Å²) in [4.78, 5) is 4.07. The molecule has 0 amide bonds. The van der Waals surface area contributed by atoms with Crippen molar-refractivity contribution in [3.8, 4) is 5.88 Å². The van der Waals surface area contributed by atoms with E-state index in [2.05, 4.69) is 20.5 Å². The van der Waals surface area contributed by atoms with Crippen LogP contribution in [0.15, 0.2) is 55.0 Å². The molecular weight excluding hydrogens is 333 g/mol. The summed E-state index contributed by atoms with van der Waals surface area (Å²) >= 11 is 0. The first kappa shape index (κ1) is 16.8. The van der Waals surface area contributed by atoms with Crippen LogP contribution in [0, 0.1) is 0 Å². The molecule has 0 aliphatic rings. The van der Waals surface area contributed by atoms with Gasteiger partial charge in [0.1, 0.15) is 0 Å². The minimum atomic E-state index is -4.46. The van der Waals surface area contributed by atoms with E-state index in [4.69, 9.17) is 4.74 Å². The molecule has 2 N–H and O–H groups in total. The monoisotopic (exact) mass is 348 g/mol. The Kier molecular flexibility index (Phi) is 4.60. The Hall–Kier alpha value is -3.03. The maximum absolute atomic E-state index is 13.4. The highest BCUT2D eigenvalue weighted by Crippen LogP contribution is 2.37. The van der Waals surface area contributed by atoms with Crippen molar-refractivity contribution in [2.24, 2.45) is 0 Å². The minimum Gasteiger partial charge on any atom is -0.481 e. The normalized spacial score (nSPS) is 12.6. The topological polar surface area (TPSA) is 62.8 Å². The van der Waals surface area contributed by atoms with Crippen LogP contribution in [-0.2, 0) is 6.18 Å². The summed E-state index contributed by atoms with van der Waals surface area (Å²) in [7, 11) is 1.49. The number of nitrogens with one attached hydrogen (secondary N) is 2. The van der Waals surface area contributed by atoms with Crippen molar-refractivity contribution in [1.29, 1.82) is 0 Å². The van der Waals surface area contributed by atoms with Gasteiger partial charge in [-0.25, -0.2) is 4.98 Å². The van der Waals surface area contributed by atoms with E-state index in [1.54, 1.807) is 24.4 Å². The number of H-pyrrole nitrogens is 1. The number of benzene rings is 1. The van der Waals surface area contributed by atoms with Gasteiger partial charge in [0.15, 0.2) is 0 Å². The van der Waals surface area contributed by atoms with Crippen molar-refractivity contribution in [2.75, 3.05) is 12.4 Å². The van der Waals surface area contributed by atoms with Gasteiger partial charge >= 0.3 is 6.18 Å². The molecule has 1 aromatic carbocycles. The first-order chi connectivity index (χ1) is 12.0. The molecule has 0 radical (unpaired) electrons. The lowest BCUT2D eigenvalue weighted by molar-refractivity contribution is -0.138. The van der Waals surface area contributed by atoms with E-state index in [1.165, 1.54) is 31.6 Å². The zero-order valence-corrected chi connectivity index (χ0v) is 13.2. The van der Waals surface area contributed by atoms with Gasteiger partial charge in [-0.05, 0) is 17.7 Å². The number of ether oxygens (including phenoxy) is 1. The van der Waals surface area contributed by atoms with E-state index in [1.807, 2.05) is 0 Å². The number of nitrogens with zero attached hydrogens (tertiary/aromatic N) is 2. The molecule has 3 aromatic rings. The van der Waals surface area contributed by atoms with E-state index in [-0.39, 0.29) is 5.56 Å². The molecule has 2 aromatic heterocycles. The molecule has 0 fully saturated rings. The molecule has 0 saturated carbocycles. The minimum absolute atomic E-state index is 0.104. The number of hydrogen-bond acceptors (Lipinski definition) is 4. The number of aromatic amines is 1. The van der Waals surface area contributed by atoms with Crippen molar-refractivity contribution in [1.82, 2.24) is 15.2 Å². The second-order valence-electron chi connectivity index (χ2n) is 5.28. The maximum Gasteiger partial charge on any atom is 0.416 e.